The molecule has 0 radical (unpaired) electrons. The lowest BCUT2D eigenvalue weighted by molar-refractivity contribution is -0.274. The number of benzene rings is 1. The maximum absolute atomic E-state index is 12.5. The molecule has 3 aromatic rings. The predicted molar refractivity (Wildman–Crippen MR) is 74.7 cm³/mol. The molecule has 0 atom stereocenters. The Morgan fingerprint density at radius 3 is 2.68 bits per heavy atom. The number of para-hydroxylation sites is 1. The average molecular weight is 308 g/mol. The molecule has 0 aliphatic carbocycles. The zero-order valence-corrected chi connectivity index (χ0v) is 11.4. The van der Waals surface area contributed by atoms with Crippen LogP contribution in [-0.2, 0) is 0 Å². The van der Waals surface area contributed by atoms with Crippen LogP contribution < -0.4 is 10.1 Å². The molecular weight excluding hydrogens is 297 g/mol. The zero-order valence-electron chi connectivity index (χ0n) is 11.4. The summed E-state index contributed by atoms with van der Waals surface area (Å²) >= 11 is 0. The van der Waals surface area contributed by atoms with Gasteiger partial charge in [-0.15, -0.1) is 13.2 Å². The second kappa shape index (κ2) is 5.21. The van der Waals surface area contributed by atoms with E-state index in [1.54, 1.807) is 29.8 Å². The second-order valence-corrected chi connectivity index (χ2v) is 4.41. The molecule has 0 spiro atoms. The highest BCUT2D eigenvalue weighted by Gasteiger charge is 2.32. The molecule has 0 aliphatic heterocycles. The molecule has 0 fully saturated rings. The molecule has 1 aromatic carbocycles. The number of nitrogens with zero attached hydrogens (tertiary/aromatic N) is 3. The maximum Gasteiger partial charge on any atom is 0.573 e. The molecule has 5 nitrogen and oxygen atoms in total. The molecule has 0 amide bonds. The van der Waals surface area contributed by atoms with Crippen LogP contribution in [0.2, 0.25) is 0 Å². The zero-order chi connectivity index (χ0) is 15.7. The summed E-state index contributed by atoms with van der Waals surface area (Å²) in [7, 11) is 1.69. The molecule has 22 heavy (non-hydrogen) atoms. The fourth-order valence-electron chi connectivity index (χ4n) is 2.19. The third-order valence-electron chi connectivity index (χ3n) is 3.05. The van der Waals surface area contributed by atoms with Crippen LogP contribution in [0.15, 0.2) is 42.9 Å². The number of hydrogen-bond donors (Lipinski definition) is 1. The van der Waals surface area contributed by atoms with Crippen LogP contribution in [-0.4, -0.2) is 27.8 Å². The fourth-order valence-corrected chi connectivity index (χ4v) is 2.19. The van der Waals surface area contributed by atoms with Crippen molar-refractivity contribution in [1.29, 1.82) is 0 Å². The van der Waals surface area contributed by atoms with Crippen LogP contribution >= 0.6 is 0 Å². The smallest absolute Gasteiger partial charge is 0.405 e. The van der Waals surface area contributed by atoms with Gasteiger partial charge in [0.25, 0.3) is 0 Å². The van der Waals surface area contributed by atoms with Gasteiger partial charge in [-0.3, -0.25) is 4.40 Å². The largest absolute Gasteiger partial charge is 0.573 e. The molecule has 0 saturated carbocycles. The minimum absolute atomic E-state index is 0.278. The maximum atomic E-state index is 12.5. The van der Waals surface area contributed by atoms with E-state index in [0.29, 0.717) is 22.7 Å². The fraction of sp³-hybridized carbons (Fsp3) is 0.143. The van der Waals surface area contributed by atoms with Gasteiger partial charge in [0.15, 0.2) is 11.5 Å². The summed E-state index contributed by atoms with van der Waals surface area (Å²) in [6.07, 6.45) is -0.106. The lowest BCUT2D eigenvalue weighted by Crippen LogP contribution is -2.17. The number of halogens is 3. The molecule has 0 bridgehead atoms. The minimum Gasteiger partial charge on any atom is -0.405 e. The summed E-state index contributed by atoms with van der Waals surface area (Å²) in [6.45, 7) is 0. The van der Waals surface area contributed by atoms with E-state index >= 15 is 0 Å². The first-order valence-electron chi connectivity index (χ1n) is 6.34. The van der Waals surface area contributed by atoms with Gasteiger partial charge < -0.3 is 10.1 Å². The number of alkyl halides is 3. The van der Waals surface area contributed by atoms with Crippen molar-refractivity contribution in [2.75, 3.05) is 12.4 Å². The van der Waals surface area contributed by atoms with E-state index in [9.17, 15) is 13.2 Å². The molecule has 1 N–H and O–H groups in total. The number of ether oxygens (including phenoxy) is 1. The van der Waals surface area contributed by atoms with E-state index in [0.717, 1.165) is 0 Å². The molecule has 0 unspecified atom stereocenters. The first-order chi connectivity index (χ1) is 10.5. The molecule has 2 aromatic heterocycles. The van der Waals surface area contributed by atoms with Gasteiger partial charge in [0, 0.05) is 25.0 Å². The predicted octanol–water partition coefficient (Wildman–Crippen LogP) is 3.34. The first kappa shape index (κ1) is 14.2. The van der Waals surface area contributed by atoms with E-state index in [4.69, 9.17) is 0 Å². The third-order valence-corrected chi connectivity index (χ3v) is 3.05. The Bertz CT molecular complexity index is 813. The lowest BCUT2D eigenvalue weighted by Gasteiger charge is -2.13. The molecule has 0 aliphatic rings. The number of hydrogen-bond acceptors (Lipinski definition) is 4. The van der Waals surface area contributed by atoms with E-state index in [-0.39, 0.29) is 5.75 Å². The number of imidazole rings is 1. The Hall–Kier alpha value is -2.77. The number of fused-ring (bicyclic) bond motifs is 1. The molecule has 3 rings (SSSR count). The van der Waals surface area contributed by atoms with Crippen LogP contribution in [0.5, 0.6) is 5.75 Å². The van der Waals surface area contributed by atoms with E-state index in [2.05, 4.69) is 20.0 Å². The van der Waals surface area contributed by atoms with Crippen molar-refractivity contribution in [2.24, 2.45) is 0 Å². The summed E-state index contributed by atoms with van der Waals surface area (Å²) in [5.41, 5.74) is 1.29. The highest BCUT2D eigenvalue weighted by atomic mass is 19.4. The summed E-state index contributed by atoms with van der Waals surface area (Å²) in [5, 5.41) is 2.88. The van der Waals surface area contributed by atoms with Crippen molar-refractivity contribution in [1.82, 2.24) is 14.4 Å². The number of anilines is 1. The minimum atomic E-state index is -4.76. The van der Waals surface area contributed by atoms with Crippen molar-refractivity contribution in [2.45, 2.75) is 6.36 Å². The molecule has 8 heteroatoms. The van der Waals surface area contributed by atoms with Gasteiger partial charge in [0.1, 0.15) is 5.75 Å². The van der Waals surface area contributed by atoms with E-state index in [1.165, 1.54) is 24.5 Å². The summed E-state index contributed by atoms with van der Waals surface area (Å²) in [6, 6.07) is 5.93. The van der Waals surface area contributed by atoms with Crippen LogP contribution in [0.3, 0.4) is 0 Å². The molecule has 0 saturated heterocycles. The Labute approximate surface area is 123 Å². The van der Waals surface area contributed by atoms with Crippen molar-refractivity contribution in [3.63, 3.8) is 0 Å². The van der Waals surface area contributed by atoms with E-state index in [1.807, 2.05) is 0 Å². The van der Waals surface area contributed by atoms with Crippen LogP contribution in [0, 0.1) is 0 Å². The Balaban J connectivity index is 2.16. The Kier molecular flexibility index (Phi) is 3.36. The van der Waals surface area contributed by atoms with Crippen molar-refractivity contribution in [3.05, 3.63) is 42.9 Å². The number of rotatable bonds is 3. The second-order valence-electron chi connectivity index (χ2n) is 4.41. The van der Waals surface area contributed by atoms with Gasteiger partial charge in [-0.05, 0) is 12.1 Å². The Morgan fingerprint density at radius 1 is 1.18 bits per heavy atom. The molecule has 2 heterocycles. The quantitative estimate of drug-likeness (QED) is 0.806. The van der Waals surface area contributed by atoms with E-state index < -0.39 is 6.36 Å². The SMILES string of the molecule is CNc1nccn2c(-c3ccccc3OC(F)(F)F)cnc12. The van der Waals surface area contributed by atoms with Gasteiger partial charge in [-0.2, -0.15) is 0 Å². The standard InChI is InChI=1S/C14H11F3N4O/c1-18-12-13-20-8-10(21(13)7-6-19-12)9-4-2-3-5-11(9)22-14(15,16)17/h2-8H,1H3,(H,18,19). The third kappa shape index (κ3) is 2.54. The van der Waals surface area contributed by atoms with Gasteiger partial charge >= 0.3 is 6.36 Å². The normalized spacial score (nSPS) is 11.6. The van der Waals surface area contributed by atoms with Gasteiger partial charge in [-0.1, -0.05) is 12.1 Å². The summed E-state index contributed by atoms with van der Waals surface area (Å²) in [4.78, 5) is 8.31. The van der Waals surface area contributed by atoms with Gasteiger partial charge in [-0.25, -0.2) is 9.97 Å². The van der Waals surface area contributed by atoms with Crippen molar-refractivity contribution in [3.8, 4) is 17.0 Å². The van der Waals surface area contributed by atoms with Crippen LogP contribution in [0.1, 0.15) is 0 Å². The number of aromatic nitrogens is 3. The molecular formula is C14H11F3N4O. The monoisotopic (exact) mass is 308 g/mol. The molecule has 114 valence electrons. The number of nitrogens with one attached hydrogen (secondary N) is 1. The van der Waals surface area contributed by atoms with Gasteiger partial charge in [0.2, 0.25) is 0 Å². The summed E-state index contributed by atoms with van der Waals surface area (Å²) in [5.74, 6) is 0.252. The van der Waals surface area contributed by atoms with Crippen LogP contribution in [0.4, 0.5) is 19.0 Å². The Morgan fingerprint density at radius 2 is 1.95 bits per heavy atom. The highest BCUT2D eigenvalue weighted by Crippen LogP contribution is 2.34. The topological polar surface area (TPSA) is 51.5 Å². The van der Waals surface area contributed by atoms with Gasteiger partial charge in [0.05, 0.1) is 11.9 Å². The van der Waals surface area contributed by atoms with Crippen molar-refractivity contribution >= 4 is 11.5 Å². The van der Waals surface area contributed by atoms with Crippen LogP contribution in [0.25, 0.3) is 16.9 Å². The summed E-state index contributed by atoms with van der Waals surface area (Å²) < 4.78 is 43.3. The lowest BCUT2D eigenvalue weighted by atomic mass is 10.1. The highest BCUT2D eigenvalue weighted by molar-refractivity contribution is 5.73. The average Bonchev–Trinajstić information content (AvgIpc) is 2.90. The first-order valence-corrected chi connectivity index (χ1v) is 6.34. The van der Waals surface area contributed by atoms with Crippen molar-refractivity contribution < 1.29 is 17.9 Å².